The van der Waals surface area contributed by atoms with E-state index < -0.39 is 43.0 Å². The van der Waals surface area contributed by atoms with Crippen molar-refractivity contribution >= 4 is 30.2 Å². The van der Waals surface area contributed by atoms with Crippen LogP contribution in [-0.2, 0) is 31.6 Å². The zero-order valence-electron chi connectivity index (χ0n) is 24.3. The number of amides is 2. The summed E-state index contributed by atoms with van der Waals surface area (Å²) < 4.78 is 44.5. The molecule has 1 saturated heterocycles. The third-order valence-corrected chi connectivity index (χ3v) is 8.14. The molecule has 2 aromatic carbocycles. The molecule has 44 heavy (non-hydrogen) atoms. The van der Waals surface area contributed by atoms with Gasteiger partial charge < -0.3 is 37.1 Å². The largest absolute Gasteiger partial charge is 0.491 e. The van der Waals surface area contributed by atoms with Crippen molar-refractivity contribution in [3.05, 3.63) is 65.2 Å². The third kappa shape index (κ3) is 8.88. The Kier molecular flexibility index (Phi) is 11.2. The monoisotopic (exact) mass is 617 g/mol. The van der Waals surface area contributed by atoms with Crippen LogP contribution in [0.3, 0.4) is 0 Å². The molecule has 0 aromatic heterocycles. The first-order valence-corrected chi connectivity index (χ1v) is 14.8. The first-order valence-electron chi connectivity index (χ1n) is 14.8. The number of likely N-dealkylation sites (tertiary alicyclic amines) is 1. The summed E-state index contributed by atoms with van der Waals surface area (Å²) >= 11 is 0. The highest BCUT2D eigenvalue weighted by Crippen LogP contribution is 2.30. The van der Waals surface area contributed by atoms with Crippen LogP contribution in [0.5, 0.6) is 0 Å². The number of Topliss-reactive ketones (excluding diaryl/α,β-unsaturated/α-hetero) is 1. The van der Waals surface area contributed by atoms with Gasteiger partial charge in [-0.3, -0.25) is 14.4 Å². The molecular formula is C30H39BF3N5O5. The van der Waals surface area contributed by atoms with Crippen molar-refractivity contribution in [2.75, 3.05) is 13.1 Å². The lowest BCUT2D eigenvalue weighted by atomic mass is 9.79. The van der Waals surface area contributed by atoms with Crippen LogP contribution >= 0.6 is 0 Å². The Bertz CT molecular complexity index is 1300. The molecular weight excluding hydrogens is 578 g/mol. The topological polar surface area (TPSA) is 174 Å². The van der Waals surface area contributed by atoms with Crippen LogP contribution in [0.2, 0.25) is 0 Å². The van der Waals surface area contributed by atoms with Gasteiger partial charge >= 0.3 is 13.3 Å². The van der Waals surface area contributed by atoms with E-state index in [1.54, 1.807) is 17.0 Å². The first kappa shape index (κ1) is 33.6. The highest BCUT2D eigenvalue weighted by molar-refractivity contribution is 6.61. The van der Waals surface area contributed by atoms with Gasteiger partial charge in [0.15, 0.2) is 5.78 Å². The third-order valence-electron chi connectivity index (χ3n) is 8.14. The molecule has 14 heteroatoms. The van der Waals surface area contributed by atoms with E-state index in [-0.39, 0.29) is 62.3 Å². The highest BCUT2D eigenvalue weighted by atomic mass is 19.4. The van der Waals surface area contributed by atoms with Gasteiger partial charge in [0.2, 0.25) is 11.8 Å². The van der Waals surface area contributed by atoms with E-state index in [0.717, 1.165) is 17.7 Å². The van der Waals surface area contributed by atoms with E-state index in [4.69, 9.17) is 21.9 Å². The van der Waals surface area contributed by atoms with E-state index >= 15 is 0 Å². The fraction of sp³-hybridized carbons (Fsp3) is 0.500. The van der Waals surface area contributed by atoms with E-state index in [1.807, 2.05) is 12.1 Å². The van der Waals surface area contributed by atoms with Crippen molar-refractivity contribution in [1.29, 1.82) is 0 Å². The van der Waals surface area contributed by atoms with Crippen LogP contribution in [0, 0.1) is 0 Å². The van der Waals surface area contributed by atoms with Crippen molar-refractivity contribution in [2.24, 2.45) is 17.2 Å². The molecule has 1 fully saturated rings. The number of hydrogen-bond acceptors (Lipinski definition) is 8. The average Bonchev–Trinajstić information content (AvgIpc) is 3.30. The van der Waals surface area contributed by atoms with E-state index in [9.17, 15) is 32.6 Å². The molecule has 2 heterocycles. The number of carbonyl (C=O) groups excluding carboxylic acids is 3. The fourth-order valence-electron chi connectivity index (χ4n) is 5.72. The van der Waals surface area contributed by atoms with Crippen LogP contribution in [0.15, 0.2) is 48.5 Å². The number of rotatable bonds is 12. The van der Waals surface area contributed by atoms with Crippen LogP contribution in [-0.4, -0.2) is 71.9 Å². The molecule has 0 radical (unpaired) electrons. The minimum atomic E-state index is -4.47. The SMILES string of the molecule is N[C@@H]1C[C@H](N)CN(C(=O)CC[C@H](N)C(=O)N[C@H](CCc2ccc(C(F)(F)F)cc2)C(=O)CCC2OB(O)c3ccccc32)C1. The first-order chi connectivity index (χ1) is 20.8. The predicted molar refractivity (Wildman–Crippen MR) is 158 cm³/mol. The second-order valence-electron chi connectivity index (χ2n) is 11.6. The molecule has 1 unspecified atom stereocenters. The van der Waals surface area contributed by atoms with Gasteiger partial charge in [-0.2, -0.15) is 13.2 Å². The lowest BCUT2D eigenvalue weighted by Gasteiger charge is -2.34. The van der Waals surface area contributed by atoms with Gasteiger partial charge in [-0.25, -0.2) is 0 Å². The summed E-state index contributed by atoms with van der Waals surface area (Å²) in [5, 5.41) is 12.9. The summed E-state index contributed by atoms with van der Waals surface area (Å²) in [6.45, 7) is 0.751. The number of alkyl halides is 3. The van der Waals surface area contributed by atoms with Crippen LogP contribution in [0.4, 0.5) is 13.2 Å². The van der Waals surface area contributed by atoms with E-state index in [1.165, 1.54) is 12.1 Å². The van der Waals surface area contributed by atoms with Crippen molar-refractivity contribution in [3.8, 4) is 0 Å². The van der Waals surface area contributed by atoms with Gasteiger partial charge in [-0.15, -0.1) is 0 Å². The van der Waals surface area contributed by atoms with Gasteiger partial charge in [-0.1, -0.05) is 36.4 Å². The standard InChI is InChI=1S/C30H39BF3N5O5/c32-30(33,34)19-8-5-18(6-9-19)7-11-25(26(40)12-13-27-22-3-1-2-4-23(22)31(43)44-27)38-29(42)24(37)10-14-28(41)39-16-20(35)15-21(36)17-39/h1-6,8-9,20-21,24-25,27,43H,7,10-17,35-37H2,(H,38,42)/t20-,21+,24-,25+,27?/m0/s1. The number of nitrogens with two attached hydrogens (primary N) is 3. The molecule has 10 nitrogen and oxygen atoms in total. The number of hydrogen-bond donors (Lipinski definition) is 5. The molecule has 2 aliphatic rings. The maximum absolute atomic E-state index is 13.4. The zero-order chi connectivity index (χ0) is 32.0. The molecule has 5 atom stereocenters. The Morgan fingerprint density at radius 1 is 1.02 bits per heavy atom. The molecule has 0 aliphatic carbocycles. The number of nitrogens with zero attached hydrogens (tertiary/aromatic N) is 1. The Labute approximate surface area is 254 Å². The number of ketones is 1. The molecule has 4 rings (SSSR count). The minimum Gasteiger partial charge on any atom is -0.423 e. The quantitative estimate of drug-likeness (QED) is 0.219. The fourth-order valence-corrected chi connectivity index (χ4v) is 5.72. The lowest BCUT2D eigenvalue weighted by molar-refractivity contribution is -0.137. The van der Waals surface area contributed by atoms with Gasteiger partial charge in [0, 0.05) is 38.0 Å². The lowest BCUT2D eigenvalue weighted by Crippen LogP contribution is -2.54. The maximum atomic E-state index is 13.4. The number of piperidine rings is 1. The second-order valence-corrected chi connectivity index (χ2v) is 11.6. The summed E-state index contributed by atoms with van der Waals surface area (Å²) in [6.07, 6.45) is -3.73. The molecule has 2 aromatic rings. The number of aryl methyl sites for hydroxylation is 1. The van der Waals surface area contributed by atoms with Crippen molar-refractivity contribution in [3.63, 3.8) is 0 Å². The van der Waals surface area contributed by atoms with E-state index in [2.05, 4.69) is 5.32 Å². The molecule has 8 N–H and O–H groups in total. The summed E-state index contributed by atoms with van der Waals surface area (Å²) in [4.78, 5) is 40.7. The smallest absolute Gasteiger partial charge is 0.423 e. The molecule has 238 valence electrons. The Morgan fingerprint density at radius 2 is 1.68 bits per heavy atom. The van der Waals surface area contributed by atoms with E-state index in [0.29, 0.717) is 30.5 Å². The number of halogens is 3. The number of carbonyl (C=O) groups is 3. The minimum absolute atomic E-state index is 0.00104. The Morgan fingerprint density at radius 3 is 2.34 bits per heavy atom. The summed E-state index contributed by atoms with van der Waals surface area (Å²) in [5.41, 5.74) is 19.2. The number of nitrogens with one attached hydrogen (secondary N) is 1. The maximum Gasteiger partial charge on any atom is 0.491 e. The normalized spacial score (nSPS) is 21.5. The number of fused-ring (bicyclic) bond motifs is 1. The molecule has 2 aliphatic heterocycles. The molecule has 0 bridgehead atoms. The van der Waals surface area contributed by atoms with Gasteiger partial charge in [-0.05, 0) is 60.8 Å². The average molecular weight is 617 g/mol. The Hall–Kier alpha value is -3.30. The van der Waals surface area contributed by atoms with Crippen molar-refractivity contribution in [2.45, 2.75) is 81.4 Å². The molecule has 0 spiro atoms. The number of benzene rings is 2. The summed E-state index contributed by atoms with van der Waals surface area (Å²) in [6, 6.07) is 9.27. The van der Waals surface area contributed by atoms with Crippen LogP contribution in [0.25, 0.3) is 0 Å². The zero-order valence-corrected chi connectivity index (χ0v) is 24.3. The van der Waals surface area contributed by atoms with Crippen molar-refractivity contribution in [1.82, 2.24) is 10.2 Å². The second kappa shape index (κ2) is 14.7. The van der Waals surface area contributed by atoms with Gasteiger partial charge in [0.1, 0.15) is 0 Å². The summed E-state index contributed by atoms with van der Waals surface area (Å²) in [5.74, 6) is -1.14. The van der Waals surface area contributed by atoms with Gasteiger partial charge in [0.05, 0.1) is 23.8 Å². The van der Waals surface area contributed by atoms with Crippen LogP contribution in [0.1, 0.15) is 61.3 Å². The van der Waals surface area contributed by atoms with Crippen LogP contribution < -0.4 is 28.0 Å². The highest BCUT2D eigenvalue weighted by Gasteiger charge is 2.35. The molecule has 2 amide bonds. The molecule has 0 saturated carbocycles. The summed E-state index contributed by atoms with van der Waals surface area (Å²) in [7, 11) is -1.10. The predicted octanol–water partition coefficient (Wildman–Crippen LogP) is 0.926. The van der Waals surface area contributed by atoms with Crippen molar-refractivity contribution < 1.29 is 37.2 Å². The Balaban J connectivity index is 1.37. The van der Waals surface area contributed by atoms with Gasteiger partial charge in [0.25, 0.3) is 0 Å².